The van der Waals surface area contributed by atoms with E-state index in [0.29, 0.717) is 5.92 Å². The molecule has 1 saturated carbocycles. The summed E-state index contributed by atoms with van der Waals surface area (Å²) < 4.78 is 13.1. The number of hydrogen-bond acceptors (Lipinski definition) is 3. The number of piperidine rings is 1. The van der Waals surface area contributed by atoms with Crippen LogP contribution in [0.15, 0.2) is 48.7 Å². The second-order valence-electron chi connectivity index (χ2n) is 8.11. The number of halogens is 1. The molecule has 148 valence electrons. The molecule has 0 radical (unpaired) electrons. The van der Waals surface area contributed by atoms with Crippen LogP contribution in [0.2, 0.25) is 0 Å². The summed E-state index contributed by atoms with van der Waals surface area (Å²) in [6, 6.07) is 12.7. The maximum atomic E-state index is 13.1. The summed E-state index contributed by atoms with van der Waals surface area (Å²) in [5.74, 6) is 0.576. The van der Waals surface area contributed by atoms with E-state index in [9.17, 15) is 9.18 Å². The first-order valence-corrected chi connectivity index (χ1v) is 10.4. The minimum atomic E-state index is -0.192. The monoisotopic (exact) mass is 381 g/mol. The Bertz CT molecular complexity index is 768. The average molecular weight is 381 g/mol. The van der Waals surface area contributed by atoms with E-state index in [0.717, 1.165) is 63.0 Å². The van der Waals surface area contributed by atoms with Crippen LogP contribution in [0.3, 0.4) is 0 Å². The lowest BCUT2D eigenvalue weighted by Gasteiger charge is -2.37. The van der Waals surface area contributed by atoms with E-state index >= 15 is 0 Å². The van der Waals surface area contributed by atoms with Crippen molar-refractivity contribution in [3.8, 4) is 0 Å². The van der Waals surface area contributed by atoms with Crippen molar-refractivity contribution in [1.29, 1.82) is 0 Å². The van der Waals surface area contributed by atoms with Crippen molar-refractivity contribution in [1.82, 2.24) is 15.2 Å². The van der Waals surface area contributed by atoms with Crippen molar-refractivity contribution < 1.29 is 9.18 Å². The third kappa shape index (κ3) is 4.58. The van der Waals surface area contributed by atoms with Crippen LogP contribution in [0.4, 0.5) is 4.39 Å². The van der Waals surface area contributed by atoms with Crippen molar-refractivity contribution in [2.45, 2.75) is 44.7 Å². The molecule has 1 aliphatic heterocycles. The maximum Gasteiger partial charge on any atom is 0.223 e. The van der Waals surface area contributed by atoms with E-state index in [-0.39, 0.29) is 23.7 Å². The van der Waals surface area contributed by atoms with E-state index in [1.54, 1.807) is 0 Å². The zero-order valence-corrected chi connectivity index (χ0v) is 16.2. The Morgan fingerprint density at radius 2 is 1.86 bits per heavy atom. The summed E-state index contributed by atoms with van der Waals surface area (Å²) in [5.41, 5.74) is 2.10. The molecule has 0 bridgehead atoms. The molecule has 4 rings (SSSR count). The van der Waals surface area contributed by atoms with E-state index in [1.807, 2.05) is 36.5 Å². The molecule has 1 aromatic heterocycles. The van der Waals surface area contributed by atoms with E-state index < -0.39 is 0 Å². The van der Waals surface area contributed by atoms with Crippen molar-refractivity contribution in [3.63, 3.8) is 0 Å². The first-order chi connectivity index (χ1) is 13.7. The Labute approximate surface area is 166 Å². The summed E-state index contributed by atoms with van der Waals surface area (Å²) in [6.45, 7) is 2.80. The molecule has 2 fully saturated rings. The highest BCUT2D eigenvalue weighted by atomic mass is 19.1. The Morgan fingerprint density at radius 1 is 1.11 bits per heavy atom. The molecule has 1 aliphatic carbocycles. The predicted molar refractivity (Wildman–Crippen MR) is 107 cm³/mol. The topological polar surface area (TPSA) is 45.2 Å². The van der Waals surface area contributed by atoms with Crippen LogP contribution in [0.25, 0.3) is 0 Å². The summed E-state index contributed by atoms with van der Waals surface area (Å²) in [5, 5.41) is 3.31. The molecule has 2 aromatic rings. The second kappa shape index (κ2) is 8.82. The van der Waals surface area contributed by atoms with Gasteiger partial charge in [0.15, 0.2) is 0 Å². The SMILES string of the molecule is O=C(N[C@@H](c1ccccn1)C1CCN(Cc2ccc(F)cc2)CC1)C1CCC1. The summed E-state index contributed by atoms with van der Waals surface area (Å²) in [4.78, 5) is 19.6. The fourth-order valence-corrected chi connectivity index (χ4v) is 4.23. The van der Waals surface area contributed by atoms with Crippen molar-refractivity contribution in [2.75, 3.05) is 13.1 Å². The Hall–Kier alpha value is -2.27. The van der Waals surface area contributed by atoms with Gasteiger partial charge in [0.25, 0.3) is 0 Å². The number of benzene rings is 1. The normalized spacial score (nSPS) is 19.8. The third-order valence-electron chi connectivity index (χ3n) is 6.20. The van der Waals surface area contributed by atoms with Gasteiger partial charge in [-0.2, -0.15) is 0 Å². The molecule has 1 aromatic carbocycles. The van der Waals surface area contributed by atoms with Crippen LogP contribution >= 0.6 is 0 Å². The van der Waals surface area contributed by atoms with Gasteiger partial charge in [-0.1, -0.05) is 24.6 Å². The molecule has 2 heterocycles. The number of hydrogen-bond donors (Lipinski definition) is 1. The predicted octanol–water partition coefficient (Wildman–Crippen LogP) is 4.09. The molecule has 1 amide bonds. The van der Waals surface area contributed by atoms with E-state index in [1.165, 1.54) is 12.1 Å². The first-order valence-electron chi connectivity index (χ1n) is 10.4. The number of rotatable bonds is 6. The average Bonchev–Trinajstić information content (AvgIpc) is 2.68. The van der Waals surface area contributed by atoms with Gasteiger partial charge in [0, 0.05) is 18.7 Å². The molecule has 1 N–H and O–H groups in total. The minimum Gasteiger partial charge on any atom is -0.347 e. The summed E-state index contributed by atoms with van der Waals surface area (Å²) >= 11 is 0. The van der Waals surface area contributed by atoms with Crippen LogP contribution in [0.1, 0.15) is 49.4 Å². The molecule has 0 unspecified atom stereocenters. The fraction of sp³-hybridized carbons (Fsp3) is 0.478. The molecule has 1 saturated heterocycles. The van der Waals surface area contributed by atoms with Gasteiger partial charge in [0.05, 0.1) is 11.7 Å². The van der Waals surface area contributed by atoms with Crippen molar-refractivity contribution in [3.05, 3.63) is 65.7 Å². The van der Waals surface area contributed by atoms with Crippen LogP contribution in [-0.4, -0.2) is 28.9 Å². The number of pyridine rings is 1. The highest BCUT2D eigenvalue weighted by molar-refractivity contribution is 5.79. The highest BCUT2D eigenvalue weighted by Crippen LogP contribution is 2.33. The minimum absolute atomic E-state index is 0.0118. The lowest BCUT2D eigenvalue weighted by atomic mass is 9.83. The number of carbonyl (C=O) groups is 1. The number of nitrogens with zero attached hydrogens (tertiary/aromatic N) is 2. The molecular weight excluding hydrogens is 353 g/mol. The number of amides is 1. The highest BCUT2D eigenvalue weighted by Gasteiger charge is 2.33. The molecule has 1 atom stereocenters. The lowest BCUT2D eigenvalue weighted by Crippen LogP contribution is -2.43. The molecule has 4 nitrogen and oxygen atoms in total. The third-order valence-corrected chi connectivity index (χ3v) is 6.20. The maximum absolute atomic E-state index is 13.1. The largest absolute Gasteiger partial charge is 0.347 e. The van der Waals surface area contributed by atoms with Gasteiger partial charge in [-0.3, -0.25) is 14.7 Å². The van der Waals surface area contributed by atoms with Gasteiger partial charge >= 0.3 is 0 Å². The van der Waals surface area contributed by atoms with Crippen molar-refractivity contribution in [2.24, 2.45) is 11.8 Å². The Kier molecular flexibility index (Phi) is 6.01. The number of nitrogens with one attached hydrogen (secondary N) is 1. The van der Waals surface area contributed by atoms with Gasteiger partial charge in [-0.25, -0.2) is 4.39 Å². The zero-order valence-electron chi connectivity index (χ0n) is 16.2. The van der Waals surface area contributed by atoms with Gasteiger partial charge < -0.3 is 5.32 Å². The molecule has 0 spiro atoms. The van der Waals surface area contributed by atoms with Crippen LogP contribution in [-0.2, 0) is 11.3 Å². The van der Waals surface area contributed by atoms with Gasteiger partial charge in [0.2, 0.25) is 5.91 Å². The quantitative estimate of drug-likeness (QED) is 0.820. The standard InChI is InChI=1S/C23H28FN3O/c24-20-9-7-17(8-10-20)16-27-14-11-18(12-15-27)22(21-6-1-2-13-25-21)26-23(28)19-4-3-5-19/h1-2,6-10,13,18-19,22H,3-5,11-12,14-16H2,(H,26,28)/t22-/m1/s1. The summed E-state index contributed by atoms with van der Waals surface area (Å²) in [7, 11) is 0. The van der Waals surface area contributed by atoms with Gasteiger partial charge in [0.1, 0.15) is 5.82 Å². The van der Waals surface area contributed by atoms with Gasteiger partial charge in [-0.15, -0.1) is 0 Å². The zero-order chi connectivity index (χ0) is 19.3. The number of aromatic nitrogens is 1. The number of carbonyl (C=O) groups excluding carboxylic acids is 1. The van der Waals surface area contributed by atoms with E-state index in [4.69, 9.17) is 0 Å². The molecule has 28 heavy (non-hydrogen) atoms. The Morgan fingerprint density at radius 3 is 2.46 bits per heavy atom. The first kappa shape index (κ1) is 19.1. The van der Waals surface area contributed by atoms with E-state index in [2.05, 4.69) is 15.2 Å². The van der Waals surface area contributed by atoms with Crippen LogP contribution in [0, 0.1) is 17.7 Å². The smallest absolute Gasteiger partial charge is 0.223 e. The lowest BCUT2D eigenvalue weighted by molar-refractivity contribution is -0.128. The fourth-order valence-electron chi connectivity index (χ4n) is 4.23. The second-order valence-corrected chi connectivity index (χ2v) is 8.11. The van der Waals surface area contributed by atoms with Crippen LogP contribution in [0.5, 0.6) is 0 Å². The molecule has 5 heteroatoms. The Balaban J connectivity index is 1.38. The molecule has 2 aliphatic rings. The van der Waals surface area contributed by atoms with Crippen LogP contribution < -0.4 is 5.32 Å². The van der Waals surface area contributed by atoms with Gasteiger partial charge in [-0.05, 0) is 74.5 Å². The van der Waals surface area contributed by atoms with Crippen molar-refractivity contribution >= 4 is 5.91 Å². The number of likely N-dealkylation sites (tertiary alicyclic amines) is 1. The molecular formula is C23H28FN3O. The summed E-state index contributed by atoms with van der Waals surface area (Å²) in [6.07, 6.45) is 7.03.